The number of nitrogens with one attached hydrogen (secondary N) is 1. The van der Waals surface area contributed by atoms with Crippen LogP contribution in [-0.4, -0.2) is 10.9 Å². The number of nitrogens with two attached hydrogens (primary N) is 1. The third-order valence-electron chi connectivity index (χ3n) is 5.18. The zero-order chi connectivity index (χ0) is 22.1. The molecule has 0 aliphatic carbocycles. The molecule has 0 atom stereocenters. The van der Waals surface area contributed by atoms with Gasteiger partial charge in [0.25, 0.3) is 5.91 Å². The molecule has 2 heterocycles. The van der Waals surface area contributed by atoms with Crippen molar-refractivity contribution in [3.05, 3.63) is 101 Å². The number of nitrogens with zero attached hydrogens (tertiary/aromatic N) is 1. The van der Waals surface area contributed by atoms with Crippen LogP contribution in [0.4, 0.5) is 11.4 Å². The van der Waals surface area contributed by atoms with Crippen LogP contribution in [0.3, 0.4) is 0 Å². The molecule has 5 rings (SSSR count). The van der Waals surface area contributed by atoms with Crippen molar-refractivity contribution < 1.29 is 4.79 Å². The number of aromatic nitrogens is 1. The van der Waals surface area contributed by atoms with E-state index in [0.717, 1.165) is 27.8 Å². The first-order valence-corrected chi connectivity index (χ1v) is 11.2. The molecule has 3 N–H and O–H groups in total. The monoisotopic (exact) mass is 455 g/mol. The second kappa shape index (κ2) is 8.46. The normalized spacial score (nSPS) is 10.9. The SMILES string of the molecule is Nc1c(C(=O)Nc2ccccc2Cl)sc2nc(-c3ccccc3)cc(-c3ccccc3)c12. The number of fused-ring (bicyclic) bond motifs is 1. The number of hydrogen-bond donors (Lipinski definition) is 2. The van der Waals surface area contributed by atoms with Crippen LogP contribution in [0.25, 0.3) is 32.6 Å². The summed E-state index contributed by atoms with van der Waals surface area (Å²) in [5.74, 6) is -0.307. The Balaban J connectivity index is 1.68. The van der Waals surface area contributed by atoms with Crippen LogP contribution in [0, 0.1) is 0 Å². The van der Waals surface area contributed by atoms with Crippen LogP contribution in [-0.2, 0) is 0 Å². The van der Waals surface area contributed by atoms with Gasteiger partial charge in [0.15, 0.2) is 0 Å². The molecule has 0 fully saturated rings. The van der Waals surface area contributed by atoms with Crippen LogP contribution in [0.15, 0.2) is 91.0 Å². The number of nitrogen functional groups attached to an aromatic ring is 1. The van der Waals surface area contributed by atoms with E-state index in [1.807, 2.05) is 78.9 Å². The van der Waals surface area contributed by atoms with Crippen molar-refractivity contribution in [2.75, 3.05) is 11.1 Å². The number of para-hydroxylation sites is 1. The molecule has 0 radical (unpaired) electrons. The number of anilines is 2. The van der Waals surface area contributed by atoms with Gasteiger partial charge in [0.05, 0.1) is 22.1 Å². The topological polar surface area (TPSA) is 68.0 Å². The molecule has 0 bridgehead atoms. The summed E-state index contributed by atoms with van der Waals surface area (Å²) in [6.07, 6.45) is 0. The molecule has 0 saturated heterocycles. The summed E-state index contributed by atoms with van der Waals surface area (Å²) in [4.78, 5) is 19.1. The molecule has 156 valence electrons. The summed E-state index contributed by atoms with van der Waals surface area (Å²) in [6.45, 7) is 0. The summed E-state index contributed by atoms with van der Waals surface area (Å²) < 4.78 is 0. The van der Waals surface area contributed by atoms with E-state index in [0.29, 0.717) is 26.1 Å². The molecule has 0 spiro atoms. The summed E-state index contributed by atoms with van der Waals surface area (Å²) in [6, 6.07) is 29.1. The Morgan fingerprint density at radius 1 is 0.875 bits per heavy atom. The Bertz CT molecular complexity index is 1430. The maximum Gasteiger partial charge on any atom is 0.267 e. The highest BCUT2D eigenvalue weighted by Gasteiger charge is 2.22. The van der Waals surface area contributed by atoms with Gasteiger partial charge in [-0.2, -0.15) is 0 Å². The lowest BCUT2D eigenvalue weighted by molar-refractivity contribution is 0.103. The molecule has 6 heteroatoms. The first-order chi connectivity index (χ1) is 15.6. The van der Waals surface area contributed by atoms with Gasteiger partial charge in [-0.05, 0) is 29.3 Å². The van der Waals surface area contributed by atoms with Crippen LogP contribution >= 0.6 is 22.9 Å². The molecule has 0 aliphatic rings. The van der Waals surface area contributed by atoms with Gasteiger partial charge in [-0.3, -0.25) is 4.79 Å². The Morgan fingerprint density at radius 2 is 1.50 bits per heavy atom. The lowest BCUT2D eigenvalue weighted by Gasteiger charge is -2.09. The molecule has 4 nitrogen and oxygen atoms in total. The summed E-state index contributed by atoms with van der Waals surface area (Å²) in [5.41, 5.74) is 11.3. The molecule has 0 aliphatic heterocycles. The first kappa shape index (κ1) is 20.2. The molecular weight excluding hydrogens is 438 g/mol. The van der Waals surface area contributed by atoms with E-state index >= 15 is 0 Å². The van der Waals surface area contributed by atoms with Crippen molar-refractivity contribution >= 4 is 50.4 Å². The minimum Gasteiger partial charge on any atom is -0.397 e. The minimum atomic E-state index is -0.307. The molecule has 2 aromatic heterocycles. The summed E-state index contributed by atoms with van der Waals surface area (Å²) >= 11 is 7.50. The van der Waals surface area contributed by atoms with Crippen molar-refractivity contribution in [3.8, 4) is 22.4 Å². The number of carbonyl (C=O) groups is 1. The quantitative estimate of drug-likeness (QED) is 0.303. The maximum absolute atomic E-state index is 13.1. The van der Waals surface area contributed by atoms with Gasteiger partial charge in [0, 0.05) is 10.9 Å². The van der Waals surface area contributed by atoms with Crippen molar-refractivity contribution in [1.29, 1.82) is 0 Å². The Morgan fingerprint density at radius 3 is 2.19 bits per heavy atom. The number of hydrogen-bond acceptors (Lipinski definition) is 4. The predicted molar refractivity (Wildman–Crippen MR) is 134 cm³/mol. The van der Waals surface area contributed by atoms with Crippen LogP contribution < -0.4 is 11.1 Å². The van der Waals surface area contributed by atoms with Gasteiger partial charge in [0.2, 0.25) is 0 Å². The molecule has 3 aromatic carbocycles. The Labute approximate surface area is 194 Å². The van der Waals surface area contributed by atoms with Crippen LogP contribution in [0.2, 0.25) is 5.02 Å². The number of amides is 1. The number of carbonyl (C=O) groups excluding carboxylic acids is 1. The zero-order valence-electron chi connectivity index (χ0n) is 16.9. The largest absolute Gasteiger partial charge is 0.397 e. The highest BCUT2D eigenvalue weighted by molar-refractivity contribution is 7.21. The smallest absolute Gasteiger partial charge is 0.267 e. The van der Waals surface area contributed by atoms with E-state index in [1.54, 1.807) is 12.1 Å². The van der Waals surface area contributed by atoms with E-state index < -0.39 is 0 Å². The maximum atomic E-state index is 13.1. The van der Waals surface area contributed by atoms with Crippen molar-refractivity contribution in [1.82, 2.24) is 4.98 Å². The Kier molecular flexibility index (Phi) is 5.35. The molecule has 5 aromatic rings. The molecule has 0 saturated carbocycles. The fraction of sp³-hybridized carbons (Fsp3) is 0. The van der Waals surface area contributed by atoms with Crippen LogP contribution in [0.1, 0.15) is 9.67 Å². The first-order valence-electron chi connectivity index (χ1n) is 10.0. The standard InChI is InChI=1S/C26H18ClN3OS/c27-19-13-7-8-14-20(19)29-25(31)24-23(28)22-18(16-9-3-1-4-10-16)15-21(30-26(22)32-24)17-11-5-2-6-12-17/h1-15H,28H2,(H,29,31). The molecule has 1 amide bonds. The lowest BCUT2D eigenvalue weighted by Crippen LogP contribution is -2.12. The highest BCUT2D eigenvalue weighted by Crippen LogP contribution is 2.41. The van der Waals surface area contributed by atoms with Crippen molar-refractivity contribution in [3.63, 3.8) is 0 Å². The Hall–Kier alpha value is -3.67. The fourth-order valence-corrected chi connectivity index (χ4v) is 4.83. The number of benzene rings is 3. The van der Waals surface area contributed by atoms with Crippen LogP contribution in [0.5, 0.6) is 0 Å². The highest BCUT2D eigenvalue weighted by atomic mass is 35.5. The summed E-state index contributed by atoms with van der Waals surface area (Å²) in [5, 5.41) is 4.12. The van der Waals surface area contributed by atoms with E-state index in [2.05, 4.69) is 5.32 Å². The number of pyridine rings is 1. The van der Waals surface area contributed by atoms with Gasteiger partial charge in [-0.1, -0.05) is 84.4 Å². The van der Waals surface area contributed by atoms with Gasteiger partial charge in [-0.15, -0.1) is 11.3 Å². The van der Waals surface area contributed by atoms with Crippen molar-refractivity contribution in [2.45, 2.75) is 0 Å². The zero-order valence-corrected chi connectivity index (χ0v) is 18.5. The summed E-state index contributed by atoms with van der Waals surface area (Å²) in [7, 11) is 0. The van der Waals surface area contributed by atoms with E-state index in [4.69, 9.17) is 22.3 Å². The minimum absolute atomic E-state index is 0.307. The second-order valence-corrected chi connectivity index (χ2v) is 8.65. The van der Waals surface area contributed by atoms with Crippen molar-refractivity contribution in [2.24, 2.45) is 0 Å². The molecule has 0 unspecified atom stereocenters. The van der Waals surface area contributed by atoms with E-state index in [9.17, 15) is 4.79 Å². The average Bonchev–Trinajstić information content (AvgIpc) is 3.17. The third-order valence-corrected chi connectivity index (χ3v) is 6.61. The number of halogens is 1. The number of thiophene rings is 1. The predicted octanol–water partition coefficient (Wildman–Crippen LogP) is 7.12. The van der Waals surface area contributed by atoms with Gasteiger partial charge >= 0.3 is 0 Å². The van der Waals surface area contributed by atoms with Gasteiger partial charge < -0.3 is 11.1 Å². The number of rotatable bonds is 4. The second-order valence-electron chi connectivity index (χ2n) is 7.25. The third kappa shape index (κ3) is 3.73. The van der Waals surface area contributed by atoms with Gasteiger partial charge in [-0.25, -0.2) is 4.98 Å². The fourth-order valence-electron chi connectivity index (χ4n) is 3.63. The average molecular weight is 456 g/mol. The molecule has 32 heavy (non-hydrogen) atoms. The van der Waals surface area contributed by atoms with Gasteiger partial charge in [0.1, 0.15) is 9.71 Å². The lowest BCUT2D eigenvalue weighted by atomic mass is 9.99. The molecular formula is C26H18ClN3OS. The van der Waals surface area contributed by atoms with E-state index in [1.165, 1.54) is 11.3 Å². The van der Waals surface area contributed by atoms with E-state index in [-0.39, 0.29) is 5.91 Å².